The highest BCUT2D eigenvalue weighted by Crippen LogP contribution is 2.27. The summed E-state index contributed by atoms with van der Waals surface area (Å²) in [7, 11) is 0. The standard InChI is InChI=1S/C16H29N3O2S/c1-5-17-6-8-18(9-7-17)15(21)13-11-22-12-19(13)14(20)10-16(2,3)4/h13H,5-12H2,1-4H3. The van der Waals surface area contributed by atoms with Gasteiger partial charge in [-0.25, -0.2) is 0 Å². The first-order chi connectivity index (χ1) is 10.3. The van der Waals surface area contributed by atoms with Crippen LogP contribution < -0.4 is 0 Å². The zero-order valence-electron chi connectivity index (χ0n) is 14.3. The van der Waals surface area contributed by atoms with Crippen molar-refractivity contribution in [2.24, 2.45) is 5.41 Å². The highest BCUT2D eigenvalue weighted by atomic mass is 32.2. The van der Waals surface area contributed by atoms with Gasteiger partial charge in [0.2, 0.25) is 11.8 Å². The van der Waals surface area contributed by atoms with Crippen LogP contribution in [0.1, 0.15) is 34.1 Å². The highest BCUT2D eigenvalue weighted by Gasteiger charge is 2.38. The first kappa shape index (κ1) is 17.6. The van der Waals surface area contributed by atoms with Crippen LogP contribution in [0.3, 0.4) is 0 Å². The van der Waals surface area contributed by atoms with E-state index >= 15 is 0 Å². The highest BCUT2D eigenvalue weighted by molar-refractivity contribution is 7.99. The van der Waals surface area contributed by atoms with Gasteiger partial charge in [-0.05, 0) is 12.0 Å². The van der Waals surface area contributed by atoms with Crippen molar-refractivity contribution >= 4 is 23.6 Å². The Morgan fingerprint density at radius 3 is 2.32 bits per heavy atom. The molecule has 1 unspecified atom stereocenters. The van der Waals surface area contributed by atoms with Crippen molar-refractivity contribution in [2.45, 2.75) is 40.2 Å². The monoisotopic (exact) mass is 327 g/mol. The minimum atomic E-state index is -0.256. The molecule has 0 spiro atoms. The maximum atomic E-state index is 12.8. The second-order valence-corrected chi connectivity index (χ2v) is 8.38. The number of rotatable bonds is 3. The number of hydrogen-bond donors (Lipinski definition) is 0. The number of carbonyl (C=O) groups excluding carboxylic acids is 2. The Balaban J connectivity index is 1.95. The first-order valence-electron chi connectivity index (χ1n) is 8.20. The molecule has 0 N–H and O–H groups in total. The second-order valence-electron chi connectivity index (χ2n) is 7.38. The molecule has 0 aromatic heterocycles. The van der Waals surface area contributed by atoms with E-state index < -0.39 is 0 Å². The summed E-state index contributed by atoms with van der Waals surface area (Å²) in [5, 5.41) is 0. The molecule has 22 heavy (non-hydrogen) atoms. The summed E-state index contributed by atoms with van der Waals surface area (Å²) in [5.74, 6) is 1.65. The first-order valence-corrected chi connectivity index (χ1v) is 9.35. The quantitative estimate of drug-likeness (QED) is 0.788. The van der Waals surface area contributed by atoms with Crippen molar-refractivity contribution in [3.05, 3.63) is 0 Å². The second kappa shape index (κ2) is 7.21. The molecule has 0 aromatic carbocycles. The number of hydrogen-bond acceptors (Lipinski definition) is 4. The predicted octanol–water partition coefficient (Wildman–Crippen LogP) is 1.49. The van der Waals surface area contributed by atoms with Crippen molar-refractivity contribution in [2.75, 3.05) is 44.4 Å². The molecule has 0 radical (unpaired) electrons. The van der Waals surface area contributed by atoms with E-state index in [1.807, 2.05) is 4.90 Å². The third kappa shape index (κ3) is 4.38. The molecule has 2 rings (SSSR count). The van der Waals surface area contributed by atoms with Gasteiger partial charge in [0.05, 0.1) is 5.88 Å². The van der Waals surface area contributed by atoms with Crippen LogP contribution in [0.15, 0.2) is 0 Å². The molecule has 0 bridgehead atoms. The number of thioether (sulfide) groups is 1. The summed E-state index contributed by atoms with van der Waals surface area (Å²) in [6, 6.07) is -0.256. The summed E-state index contributed by atoms with van der Waals surface area (Å²) < 4.78 is 0. The van der Waals surface area contributed by atoms with Crippen LogP contribution in [-0.4, -0.2) is 76.9 Å². The largest absolute Gasteiger partial charge is 0.338 e. The lowest BCUT2D eigenvalue weighted by molar-refractivity contribution is -0.145. The number of nitrogens with zero attached hydrogens (tertiary/aromatic N) is 3. The normalized spacial score (nSPS) is 23.9. The fourth-order valence-corrected chi connectivity index (χ4v) is 4.12. The minimum absolute atomic E-state index is 0.0370. The molecule has 0 aliphatic carbocycles. The Labute approximate surface area is 138 Å². The van der Waals surface area contributed by atoms with Crippen LogP contribution in [0, 0.1) is 5.41 Å². The lowest BCUT2D eigenvalue weighted by atomic mass is 9.91. The van der Waals surface area contributed by atoms with Crippen molar-refractivity contribution in [1.29, 1.82) is 0 Å². The molecular formula is C16H29N3O2S. The van der Waals surface area contributed by atoms with Crippen LogP contribution in [0.4, 0.5) is 0 Å². The average molecular weight is 327 g/mol. The van der Waals surface area contributed by atoms with E-state index in [0.717, 1.165) is 38.5 Å². The van der Waals surface area contributed by atoms with E-state index in [9.17, 15) is 9.59 Å². The van der Waals surface area contributed by atoms with Crippen LogP contribution in [-0.2, 0) is 9.59 Å². The van der Waals surface area contributed by atoms with Gasteiger partial charge in [0.15, 0.2) is 0 Å². The van der Waals surface area contributed by atoms with Crippen LogP contribution in [0.5, 0.6) is 0 Å². The zero-order chi connectivity index (χ0) is 16.3. The molecule has 0 saturated carbocycles. The zero-order valence-corrected chi connectivity index (χ0v) is 15.1. The molecule has 2 fully saturated rings. The number of likely N-dealkylation sites (N-methyl/N-ethyl adjacent to an activating group) is 1. The van der Waals surface area contributed by atoms with Crippen molar-refractivity contribution in [3.63, 3.8) is 0 Å². The van der Waals surface area contributed by atoms with E-state index in [2.05, 4.69) is 32.6 Å². The Kier molecular flexibility index (Phi) is 5.77. The Morgan fingerprint density at radius 2 is 1.77 bits per heavy atom. The van der Waals surface area contributed by atoms with Crippen LogP contribution >= 0.6 is 11.8 Å². The summed E-state index contributed by atoms with van der Waals surface area (Å²) in [4.78, 5) is 31.4. The van der Waals surface area contributed by atoms with Gasteiger partial charge in [-0.1, -0.05) is 27.7 Å². The Bertz CT molecular complexity index is 414. The fourth-order valence-electron chi connectivity index (χ4n) is 2.94. The van der Waals surface area contributed by atoms with Crippen molar-refractivity contribution < 1.29 is 9.59 Å². The summed E-state index contributed by atoms with van der Waals surface area (Å²) in [6.45, 7) is 12.8. The van der Waals surface area contributed by atoms with E-state index in [4.69, 9.17) is 0 Å². The third-order valence-corrected chi connectivity index (χ3v) is 5.31. The molecule has 1 atom stereocenters. The molecule has 126 valence electrons. The van der Waals surface area contributed by atoms with Gasteiger partial charge in [0.1, 0.15) is 6.04 Å². The molecule has 2 saturated heterocycles. The number of carbonyl (C=O) groups is 2. The van der Waals surface area contributed by atoms with Gasteiger partial charge in [0, 0.05) is 38.4 Å². The van der Waals surface area contributed by atoms with Gasteiger partial charge in [-0.15, -0.1) is 11.8 Å². The molecule has 0 aromatic rings. The topological polar surface area (TPSA) is 43.9 Å². The smallest absolute Gasteiger partial charge is 0.246 e. The van der Waals surface area contributed by atoms with E-state index in [1.165, 1.54) is 0 Å². The average Bonchev–Trinajstić information content (AvgIpc) is 2.94. The van der Waals surface area contributed by atoms with Gasteiger partial charge in [-0.2, -0.15) is 0 Å². The third-order valence-electron chi connectivity index (χ3n) is 4.30. The molecular weight excluding hydrogens is 298 g/mol. The van der Waals surface area contributed by atoms with E-state index in [-0.39, 0.29) is 23.3 Å². The minimum Gasteiger partial charge on any atom is -0.338 e. The van der Waals surface area contributed by atoms with E-state index in [0.29, 0.717) is 12.3 Å². The van der Waals surface area contributed by atoms with Crippen LogP contribution in [0.25, 0.3) is 0 Å². The Hall–Kier alpha value is -0.750. The molecule has 2 aliphatic rings. The Morgan fingerprint density at radius 1 is 1.14 bits per heavy atom. The SMILES string of the molecule is CCN1CCN(C(=O)C2CSCN2C(=O)CC(C)(C)C)CC1. The summed E-state index contributed by atoms with van der Waals surface area (Å²) in [6.07, 6.45) is 0.501. The lowest BCUT2D eigenvalue weighted by Gasteiger charge is -2.37. The predicted molar refractivity (Wildman–Crippen MR) is 90.7 cm³/mol. The summed E-state index contributed by atoms with van der Waals surface area (Å²) in [5.41, 5.74) is -0.0370. The maximum Gasteiger partial charge on any atom is 0.246 e. The molecule has 2 heterocycles. The number of amides is 2. The van der Waals surface area contributed by atoms with Gasteiger partial charge in [-0.3, -0.25) is 9.59 Å². The van der Waals surface area contributed by atoms with Crippen LogP contribution in [0.2, 0.25) is 0 Å². The van der Waals surface area contributed by atoms with Gasteiger partial charge >= 0.3 is 0 Å². The molecule has 2 amide bonds. The molecule has 6 heteroatoms. The van der Waals surface area contributed by atoms with Crippen molar-refractivity contribution in [3.8, 4) is 0 Å². The molecule has 5 nitrogen and oxygen atoms in total. The summed E-state index contributed by atoms with van der Waals surface area (Å²) >= 11 is 1.69. The van der Waals surface area contributed by atoms with Gasteiger partial charge in [0.25, 0.3) is 0 Å². The van der Waals surface area contributed by atoms with E-state index in [1.54, 1.807) is 16.7 Å². The fraction of sp³-hybridized carbons (Fsp3) is 0.875. The van der Waals surface area contributed by atoms with Gasteiger partial charge < -0.3 is 14.7 Å². The maximum absolute atomic E-state index is 12.8. The van der Waals surface area contributed by atoms with Crippen molar-refractivity contribution in [1.82, 2.24) is 14.7 Å². The lowest BCUT2D eigenvalue weighted by Crippen LogP contribution is -2.55. The molecule has 2 aliphatic heterocycles. The number of piperazine rings is 1.